The van der Waals surface area contributed by atoms with Crippen LogP contribution in [0.15, 0.2) is 50.8 Å². The Labute approximate surface area is 127 Å². The zero-order valence-electron chi connectivity index (χ0n) is 12.2. The second-order valence-corrected chi connectivity index (χ2v) is 6.03. The second-order valence-electron chi connectivity index (χ2n) is 4.35. The van der Waals surface area contributed by atoms with Crippen LogP contribution in [0.1, 0.15) is 20.8 Å². The number of Topliss-reactive ketones (excluding diaryl/α,β-unsaturated/α-hetero) is 1. The van der Waals surface area contributed by atoms with Crippen LogP contribution in [-0.4, -0.2) is 25.2 Å². The summed E-state index contributed by atoms with van der Waals surface area (Å²) in [6.07, 6.45) is 0. The molecule has 22 heavy (non-hydrogen) atoms. The predicted octanol–water partition coefficient (Wildman–Crippen LogP) is 1.97. The lowest BCUT2D eigenvalue weighted by molar-refractivity contribution is -0.117. The van der Waals surface area contributed by atoms with Crippen molar-refractivity contribution in [2.24, 2.45) is 10.2 Å². The number of allylic oxidation sites excluding steroid dienone is 2. The summed E-state index contributed by atoms with van der Waals surface area (Å²) in [6, 6.07) is 5.18. The number of hydrogen-bond acceptors (Lipinski definition) is 7. The molecule has 1 aromatic carbocycles. The predicted molar refractivity (Wildman–Crippen MR) is 78.0 cm³/mol. The highest BCUT2D eigenvalue weighted by molar-refractivity contribution is 7.90. The average Bonchev–Trinajstić information content (AvgIpc) is 2.37. The number of hydrogen-bond donors (Lipinski definition) is 2. The summed E-state index contributed by atoms with van der Waals surface area (Å²) < 4.78 is 25.3. The van der Waals surface area contributed by atoms with Crippen molar-refractivity contribution in [2.75, 3.05) is 0 Å². The van der Waals surface area contributed by atoms with Gasteiger partial charge in [0.25, 0.3) is 10.0 Å². The first-order chi connectivity index (χ1) is 10.1. The van der Waals surface area contributed by atoms with Crippen LogP contribution in [0.4, 0.5) is 5.69 Å². The van der Waals surface area contributed by atoms with Crippen molar-refractivity contribution in [3.05, 3.63) is 35.7 Å². The highest BCUT2D eigenvalue weighted by Gasteiger charge is 2.15. The van der Waals surface area contributed by atoms with Crippen molar-refractivity contribution < 1.29 is 23.1 Å². The normalized spacial score (nSPS) is 12.9. The average molecular weight is 325 g/mol. The SMILES string of the molecule is CC(=O)NS(=O)(=O)c1ccc(N=N/C(C(C)=O)=C(/C)O)cc1. The van der Waals surface area contributed by atoms with Gasteiger partial charge in [0.1, 0.15) is 5.76 Å². The van der Waals surface area contributed by atoms with Crippen molar-refractivity contribution >= 4 is 27.4 Å². The van der Waals surface area contributed by atoms with Gasteiger partial charge in [-0.3, -0.25) is 9.59 Å². The smallest absolute Gasteiger partial charge is 0.264 e. The fraction of sp³-hybridized carbons (Fsp3) is 0.231. The van der Waals surface area contributed by atoms with E-state index in [1.165, 1.54) is 38.1 Å². The molecule has 0 saturated heterocycles. The van der Waals surface area contributed by atoms with Crippen molar-refractivity contribution in [1.29, 1.82) is 0 Å². The molecule has 0 atom stereocenters. The van der Waals surface area contributed by atoms with E-state index in [-0.39, 0.29) is 22.0 Å². The molecule has 0 heterocycles. The highest BCUT2D eigenvalue weighted by Crippen LogP contribution is 2.18. The number of aliphatic hydroxyl groups is 1. The molecule has 118 valence electrons. The standard InChI is InChI=1S/C13H15N3O5S/c1-8(17)13(9(2)18)15-14-11-4-6-12(7-5-11)22(20,21)16-10(3)19/h4-7,17H,1-3H3,(H,16,19)/b13-8-,15-14?. The quantitative estimate of drug-likeness (QED) is 0.486. The maximum Gasteiger partial charge on any atom is 0.264 e. The van der Waals surface area contributed by atoms with Gasteiger partial charge in [-0.15, -0.1) is 5.11 Å². The molecule has 0 aliphatic heterocycles. The van der Waals surface area contributed by atoms with Crippen LogP contribution in [0.25, 0.3) is 0 Å². The summed E-state index contributed by atoms with van der Waals surface area (Å²) in [7, 11) is -3.91. The van der Waals surface area contributed by atoms with Crippen LogP contribution in [0, 0.1) is 0 Å². The number of carbonyl (C=O) groups is 2. The van der Waals surface area contributed by atoms with Crippen molar-refractivity contribution in [2.45, 2.75) is 25.7 Å². The number of aliphatic hydroxyl groups excluding tert-OH is 1. The molecule has 0 aliphatic carbocycles. The molecule has 0 fully saturated rings. The van der Waals surface area contributed by atoms with E-state index in [2.05, 4.69) is 10.2 Å². The van der Waals surface area contributed by atoms with Crippen molar-refractivity contribution in [3.8, 4) is 0 Å². The van der Waals surface area contributed by atoms with E-state index in [4.69, 9.17) is 0 Å². The van der Waals surface area contributed by atoms with Gasteiger partial charge in [0.05, 0.1) is 10.6 Å². The van der Waals surface area contributed by atoms with Crippen LogP contribution in [0.5, 0.6) is 0 Å². The number of ketones is 1. The number of rotatable bonds is 5. The second kappa shape index (κ2) is 6.94. The summed E-state index contributed by atoms with van der Waals surface area (Å²) in [5.74, 6) is -1.41. The zero-order valence-corrected chi connectivity index (χ0v) is 13.0. The Kier molecular flexibility index (Phi) is 5.52. The van der Waals surface area contributed by atoms with E-state index in [1.54, 1.807) is 0 Å². The highest BCUT2D eigenvalue weighted by atomic mass is 32.2. The number of amides is 1. The zero-order chi connectivity index (χ0) is 16.9. The minimum absolute atomic E-state index is 0.109. The third-order valence-corrected chi connectivity index (χ3v) is 3.82. The Morgan fingerprint density at radius 3 is 2.05 bits per heavy atom. The van der Waals surface area contributed by atoms with E-state index >= 15 is 0 Å². The third kappa shape index (κ3) is 4.77. The molecular formula is C13H15N3O5S. The molecule has 8 nitrogen and oxygen atoms in total. The van der Waals surface area contributed by atoms with E-state index < -0.39 is 21.7 Å². The first-order valence-corrected chi connectivity index (χ1v) is 7.58. The van der Waals surface area contributed by atoms with E-state index in [1.807, 2.05) is 4.72 Å². The summed E-state index contributed by atoms with van der Waals surface area (Å²) in [4.78, 5) is 21.9. The minimum atomic E-state index is -3.91. The molecule has 0 radical (unpaired) electrons. The lowest BCUT2D eigenvalue weighted by atomic mass is 10.3. The monoisotopic (exact) mass is 325 g/mol. The molecule has 1 amide bonds. The van der Waals surface area contributed by atoms with Crippen LogP contribution in [-0.2, 0) is 19.6 Å². The molecule has 0 unspecified atom stereocenters. The van der Waals surface area contributed by atoms with Gasteiger partial charge in [-0.25, -0.2) is 13.1 Å². The lowest BCUT2D eigenvalue weighted by Gasteiger charge is -2.04. The Morgan fingerprint density at radius 2 is 1.64 bits per heavy atom. The maximum absolute atomic E-state index is 11.7. The van der Waals surface area contributed by atoms with Crippen LogP contribution < -0.4 is 4.72 Å². The molecule has 0 aliphatic rings. The largest absolute Gasteiger partial charge is 0.510 e. The fourth-order valence-electron chi connectivity index (χ4n) is 1.45. The topological polar surface area (TPSA) is 125 Å². The number of benzene rings is 1. The number of azo groups is 1. The number of nitrogens with zero attached hydrogens (tertiary/aromatic N) is 2. The van der Waals surface area contributed by atoms with Crippen LogP contribution in [0.2, 0.25) is 0 Å². The van der Waals surface area contributed by atoms with E-state index in [0.29, 0.717) is 0 Å². The maximum atomic E-state index is 11.7. The molecule has 2 N–H and O–H groups in total. The number of nitrogens with one attached hydrogen (secondary N) is 1. The van der Waals surface area contributed by atoms with E-state index in [0.717, 1.165) is 6.92 Å². The summed E-state index contributed by atoms with van der Waals surface area (Å²) >= 11 is 0. The third-order valence-electron chi connectivity index (χ3n) is 2.37. The van der Waals surface area contributed by atoms with Gasteiger partial charge in [0.2, 0.25) is 5.91 Å². The van der Waals surface area contributed by atoms with Gasteiger partial charge >= 0.3 is 0 Å². The van der Waals surface area contributed by atoms with Crippen LogP contribution >= 0.6 is 0 Å². The Hall–Kier alpha value is -2.55. The number of sulfonamides is 1. The van der Waals surface area contributed by atoms with Gasteiger partial charge in [-0.1, -0.05) is 0 Å². The summed E-state index contributed by atoms with van der Waals surface area (Å²) in [5, 5.41) is 16.6. The first kappa shape index (κ1) is 17.5. The summed E-state index contributed by atoms with van der Waals surface area (Å²) in [6.45, 7) is 3.63. The fourth-order valence-corrected chi connectivity index (χ4v) is 2.44. The van der Waals surface area contributed by atoms with Gasteiger partial charge in [-0.2, -0.15) is 5.11 Å². The molecule has 0 aromatic heterocycles. The first-order valence-electron chi connectivity index (χ1n) is 6.09. The van der Waals surface area contributed by atoms with Crippen molar-refractivity contribution in [1.82, 2.24) is 4.72 Å². The Bertz CT molecular complexity index is 744. The number of carbonyl (C=O) groups excluding carboxylic acids is 2. The van der Waals surface area contributed by atoms with E-state index in [9.17, 15) is 23.1 Å². The minimum Gasteiger partial charge on any atom is -0.510 e. The van der Waals surface area contributed by atoms with Gasteiger partial charge in [0.15, 0.2) is 11.5 Å². The molecular weight excluding hydrogens is 310 g/mol. The molecule has 1 aromatic rings. The molecule has 0 spiro atoms. The van der Waals surface area contributed by atoms with Gasteiger partial charge in [0, 0.05) is 13.8 Å². The van der Waals surface area contributed by atoms with Crippen molar-refractivity contribution in [3.63, 3.8) is 0 Å². The molecule has 0 bridgehead atoms. The molecule has 0 saturated carbocycles. The van der Waals surface area contributed by atoms with Crippen LogP contribution in [0.3, 0.4) is 0 Å². The Morgan fingerprint density at radius 1 is 1.09 bits per heavy atom. The summed E-state index contributed by atoms with van der Waals surface area (Å²) in [5.41, 5.74) is 0.0942. The van der Waals surface area contributed by atoms with Gasteiger partial charge < -0.3 is 5.11 Å². The molecule has 1 rings (SSSR count). The Balaban J connectivity index is 3.02. The van der Waals surface area contributed by atoms with Gasteiger partial charge in [-0.05, 0) is 31.2 Å². The molecule has 9 heteroatoms. The lowest BCUT2D eigenvalue weighted by Crippen LogP contribution is -2.28.